The lowest BCUT2D eigenvalue weighted by Gasteiger charge is -2.14. The van der Waals surface area contributed by atoms with E-state index in [9.17, 15) is 5.11 Å². The Hall–Kier alpha value is -1.81. The largest absolute Gasteiger partial charge is 0.496 e. The Morgan fingerprint density at radius 2 is 2.10 bits per heavy atom. The minimum absolute atomic E-state index is 0.521. The van der Waals surface area contributed by atoms with E-state index in [1.54, 1.807) is 11.8 Å². The van der Waals surface area contributed by atoms with Gasteiger partial charge in [0.1, 0.15) is 5.75 Å². The summed E-state index contributed by atoms with van der Waals surface area (Å²) in [6.07, 6.45) is 0.811. The molecule has 2 rings (SSSR count). The average Bonchev–Trinajstić information content (AvgIpc) is 2.80. The Balaban J connectivity index is 2.24. The molecule has 0 aliphatic heterocycles. The van der Waals surface area contributed by atoms with Crippen LogP contribution >= 0.6 is 0 Å². The molecule has 0 fully saturated rings. The third-order valence-electron chi connectivity index (χ3n) is 3.52. The number of methoxy groups -OCH3 is 1. The lowest BCUT2D eigenvalue weighted by atomic mass is 10.0. The molecule has 4 nitrogen and oxygen atoms in total. The van der Waals surface area contributed by atoms with Crippen LogP contribution in [0.15, 0.2) is 24.3 Å². The second kappa shape index (κ2) is 6.09. The molecule has 0 amide bonds. The van der Waals surface area contributed by atoms with Crippen LogP contribution in [-0.2, 0) is 19.9 Å². The van der Waals surface area contributed by atoms with E-state index in [-0.39, 0.29) is 0 Å². The normalized spacial score (nSPS) is 12.4. The summed E-state index contributed by atoms with van der Waals surface area (Å²) in [6, 6.07) is 7.97. The highest BCUT2D eigenvalue weighted by Crippen LogP contribution is 2.26. The van der Waals surface area contributed by atoms with Crippen molar-refractivity contribution in [1.29, 1.82) is 0 Å². The molecule has 0 saturated carbocycles. The van der Waals surface area contributed by atoms with Crippen molar-refractivity contribution in [1.82, 2.24) is 9.78 Å². The first-order chi connectivity index (χ1) is 9.55. The zero-order valence-electron chi connectivity index (χ0n) is 12.6. The lowest BCUT2D eigenvalue weighted by Crippen LogP contribution is -2.08. The Morgan fingerprint density at radius 1 is 1.35 bits per heavy atom. The van der Waals surface area contributed by atoms with Crippen molar-refractivity contribution in [2.45, 2.75) is 32.8 Å². The lowest BCUT2D eigenvalue weighted by molar-refractivity contribution is 0.167. The van der Waals surface area contributed by atoms with Crippen molar-refractivity contribution in [3.63, 3.8) is 0 Å². The number of aromatic nitrogens is 2. The molecule has 0 saturated heterocycles. The summed E-state index contributed by atoms with van der Waals surface area (Å²) in [5.74, 6) is 0.813. The third kappa shape index (κ3) is 3.02. The second-order valence-electron chi connectivity index (χ2n) is 5.07. The van der Waals surface area contributed by atoms with Crippen LogP contribution in [-0.4, -0.2) is 22.0 Å². The molecule has 1 unspecified atom stereocenters. The Bertz CT molecular complexity index is 590. The quantitative estimate of drug-likeness (QED) is 0.911. The molecule has 0 aliphatic rings. The maximum Gasteiger partial charge on any atom is 0.122 e. The summed E-state index contributed by atoms with van der Waals surface area (Å²) in [6.45, 7) is 4.09. The number of benzene rings is 1. The predicted octanol–water partition coefficient (Wildman–Crippen LogP) is 2.58. The number of aryl methyl sites for hydroxylation is 3. The summed E-state index contributed by atoms with van der Waals surface area (Å²) in [7, 11) is 3.52. The van der Waals surface area contributed by atoms with Gasteiger partial charge in [0.2, 0.25) is 0 Å². The Labute approximate surface area is 120 Å². The van der Waals surface area contributed by atoms with Gasteiger partial charge in [-0.2, -0.15) is 5.10 Å². The molecule has 1 atom stereocenters. The molecule has 1 aromatic carbocycles. The van der Waals surface area contributed by atoms with E-state index in [1.165, 1.54) is 0 Å². The molecule has 0 radical (unpaired) electrons. The van der Waals surface area contributed by atoms with Crippen molar-refractivity contribution >= 4 is 0 Å². The average molecular weight is 274 g/mol. The van der Waals surface area contributed by atoms with Crippen molar-refractivity contribution in [2.75, 3.05) is 7.11 Å². The SMILES string of the molecule is CCc1cc(C(O)Cc2cc(C)ccc2OC)n(C)n1. The number of hydrogen-bond acceptors (Lipinski definition) is 3. The van der Waals surface area contributed by atoms with E-state index in [4.69, 9.17) is 4.74 Å². The van der Waals surface area contributed by atoms with Gasteiger partial charge in [-0.05, 0) is 31.0 Å². The smallest absolute Gasteiger partial charge is 0.122 e. The van der Waals surface area contributed by atoms with Crippen molar-refractivity contribution in [2.24, 2.45) is 7.05 Å². The first kappa shape index (κ1) is 14.6. The van der Waals surface area contributed by atoms with Crippen LogP contribution < -0.4 is 4.74 Å². The van der Waals surface area contributed by atoms with Gasteiger partial charge in [-0.3, -0.25) is 4.68 Å². The first-order valence-corrected chi connectivity index (χ1v) is 6.89. The molecular weight excluding hydrogens is 252 g/mol. The third-order valence-corrected chi connectivity index (χ3v) is 3.52. The molecule has 0 aliphatic carbocycles. The maximum atomic E-state index is 10.5. The van der Waals surface area contributed by atoms with Crippen LogP contribution in [0.3, 0.4) is 0 Å². The highest BCUT2D eigenvalue weighted by molar-refractivity contribution is 5.37. The molecule has 4 heteroatoms. The molecule has 0 bridgehead atoms. The highest BCUT2D eigenvalue weighted by atomic mass is 16.5. The fraction of sp³-hybridized carbons (Fsp3) is 0.438. The van der Waals surface area contributed by atoms with E-state index >= 15 is 0 Å². The topological polar surface area (TPSA) is 47.3 Å². The minimum Gasteiger partial charge on any atom is -0.496 e. The van der Waals surface area contributed by atoms with Gasteiger partial charge in [0.15, 0.2) is 0 Å². The van der Waals surface area contributed by atoms with Crippen molar-refractivity contribution in [3.8, 4) is 5.75 Å². The van der Waals surface area contributed by atoms with Gasteiger partial charge in [-0.1, -0.05) is 24.6 Å². The number of rotatable bonds is 5. The number of aliphatic hydroxyl groups excluding tert-OH is 1. The fourth-order valence-corrected chi connectivity index (χ4v) is 2.41. The summed E-state index contributed by atoms with van der Waals surface area (Å²) in [5, 5.41) is 14.8. The van der Waals surface area contributed by atoms with Crippen LogP contribution in [0.5, 0.6) is 5.75 Å². The van der Waals surface area contributed by atoms with Gasteiger partial charge in [0.25, 0.3) is 0 Å². The molecule has 1 heterocycles. The van der Waals surface area contributed by atoms with Crippen LogP contribution in [0.4, 0.5) is 0 Å². The molecule has 108 valence electrons. The zero-order valence-corrected chi connectivity index (χ0v) is 12.6. The van der Waals surface area contributed by atoms with E-state index in [0.29, 0.717) is 6.42 Å². The molecule has 1 aromatic heterocycles. The number of hydrogen-bond donors (Lipinski definition) is 1. The second-order valence-corrected chi connectivity index (χ2v) is 5.07. The zero-order chi connectivity index (χ0) is 14.7. The summed E-state index contributed by atoms with van der Waals surface area (Å²) in [4.78, 5) is 0. The summed E-state index contributed by atoms with van der Waals surface area (Å²) >= 11 is 0. The predicted molar refractivity (Wildman–Crippen MR) is 79.0 cm³/mol. The van der Waals surface area contributed by atoms with Crippen LogP contribution in [0, 0.1) is 6.92 Å². The van der Waals surface area contributed by atoms with E-state index in [1.807, 2.05) is 32.2 Å². The van der Waals surface area contributed by atoms with Gasteiger partial charge in [0, 0.05) is 13.5 Å². The van der Waals surface area contributed by atoms with E-state index in [2.05, 4.69) is 18.1 Å². The van der Waals surface area contributed by atoms with Gasteiger partial charge < -0.3 is 9.84 Å². The monoisotopic (exact) mass is 274 g/mol. The Kier molecular flexibility index (Phi) is 4.45. The van der Waals surface area contributed by atoms with Gasteiger partial charge >= 0.3 is 0 Å². The minimum atomic E-state index is -0.580. The van der Waals surface area contributed by atoms with Gasteiger partial charge in [-0.25, -0.2) is 0 Å². The van der Waals surface area contributed by atoms with Crippen LogP contribution in [0.2, 0.25) is 0 Å². The fourth-order valence-electron chi connectivity index (χ4n) is 2.41. The first-order valence-electron chi connectivity index (χ1n) is 6.89. The molecule has 20 heavy (non-hydrogen) atoms. The molecule has 1 N–H and O–H groups in total. The van der Waals surface area contributed by atoms with E-state index < -0.39 is 6.10 Å². The van der Waals surface area contributed by atoms with Crippen molar-refractivity contribution < 1.29 is 9.84 Å². The summed E-state index contributed by atoms with van der Waals surface area (Å²) < 4.78 is 7.12. The van der Waals surface area contributed by atoms with E-state index in [0.717, 1.165) is 34.7 Å². The van der Waals surface area contributed by atoms with Crippen molar-refractivity contribution in [3.05, 3.63) is 46.8 Å². The molecule has 2 aromatic rings. The summed E-state index contributed by atoms with van der Waals surface area (Å²) in [5.41, 5.74) is 4.01. The number of aliphatic hydroxyl groups is 1. The Morgan fingerprint density at radius 3 is 2.70 bits per heavy atom. The number of ether oxygens (including phenoxy) is 1. The standard InChI is InChI=1S/C16H22N2O2/c1-5-13-10-14(18(3)17-13)15(19)9-12-8-11(2)6-7-16(12)20-4/h6-8,10,15,19H,5,9H2,1-4H3. The highest BCUT2D eigenvalue weighted by Gasteiger charge is 2.16. The van der Waals surface area contributed by atoms with Gasteiger partial charge in [-0.15, -0.1) is 0 Å². The maximum absolute atomic E-state index is 10.5. The molecule has 0 spiro atoms. The van der Waals surface area contributed by atoms with Crippen LogP contribution in [0.1, 0.15) is 35.5 Å². The van der Waals surface area contributed by atoms with Crippen LogP contribution in [0.25, 0.3) is 0 Å². The molecular formula is C16H22N2O2. The van der Waals surface area contributed by atoms with Gasteiger partial charge in [0.05, 0.1) is 24.6 Å². The number of nitrogens with zero attached hydrogens (tertiary/aromatic N) is 2.